The van der Waals surface area contributed by atoms with E-state index >= 15 is 0 Å². The maximum absolute atomic E-state index is 13.1. The molecule has 2 aromatic rings. The van der Waals surface area contributed by atoms with Crippen LogP contribution in [0.15, 0.2) is 41.3 Å². The van der Waals surface area contributed by atoms with Gasteiger partial charge in [0.1, 0.15) is 0 Å². The van der Waals surface area contributed by atoms with E-state index in [4.69, 9.17) is 0 Å². The normalized spacial score (nSPS) is 13.6. The van der Waals surface area contributed by atoms with Crippen molar-refractivity contribution in [3.05, 3.63) is 53.6 Å². The first-order chi connectivity index (χ1) is 12.7. The molecule has 3 rings (SSSR count). The van der Waals surface area contributed by atoms with Gasteiger partial charge in [0.25, 0.3) is 0 Å². The van der Waals surface area contributed by atoms with Crippen molar-refractivity contribution in [3.63, 3.8) is 0 Å². The molecule has 142 valence electrons. The molecule has 1 heterocycles. The van der Waals surface area contributed by atoms with E-state index in [2.05, 4.69) is 10.0 Å². The highest BCUT2D eigenvalue weighted by molar-refractivity contribution is 7.89. The van der Waals surface area contributed by atoms with Crippen LogP contribution < -0.4 is 14.9 Å². The molecule has 0 atom stereocenters. The molecule has 0 saturated heterocycles. The van der Waals surface area contributed by atoms with Gasteiger partial charge in [0.2, 0.25) is 21.8 Å². The quantitative estimate of drug-likeness (QED) is 0.800. The monoisotopic (exact) mass is 395 g/mol. The zero-order valence-corrected chi connectivity index (χ0v) is 14.9. The summed E-state index contributed by atoms with van der Waals surface area (Å²) in [6.07, 6.45) is 0.103. The number of hydrogen-bond acceptors (Lipinski definition) is 4. The second-order valence-electron chi connectivity index (χ2n) is 5.92. The van der Waals surface area contributed by atoms with Gasteiger partial charge in [-0.05, 0) is 35.9 Å². The summed E-state index contributed by atoms with van der Waals surface area (Å²) in [5, 5.41) is 2.26. The van der Waals surface area contributed by atoms with Gasteiger partial charge in [0, 0.05) is 24.5 Å². The molecule has 1 aliphatic rings. The first-order valence-corrected chi connectivity index (χ1v) is 9.30. The second kappa shape index (κ2) is 7.05. The molecule has 0 aromatic heterocycles. The van der Waals surface area contributed by atoms with Gasteiger partial charge in [0.15, 0.2) is 11.6 Å². The summed E-state index contributed by atoms with van der Waals surface area (Å²) < 4.78 is 52.8. The van der Waals surface area contributed by atoms with Crippen molar-refractivity contribution in [1.29, 1.82) is 0 Å². The lowest BCUT2D eigenvalue weighted by molar-refractivity contribution is -0.117. The summed E-state index contributed by atoms with van der Waals surface area (Å²) in [6, 6.07) is 7.03. The van der Waals surface area contributed by atoms with Crippen LogP contribution in [0.3, 0.4) is 0 Å². The summed E-state index contributed by atoms with van der Waals surface area (Å²) in [5.41, 5.74) is 1.21. The predicted molar refractivity (Wildman–Crippen MR) is 93.7 cm³/mol. The summed E-state index contributed by atoms with van der Waals surface area (Å²) in [5.74, 6) is -3.08. The maximum atomic E-state index is 13.1. The fourth-order valence-electron chi connectivity index (χ4n) is 2.64. The zero-order chi connectivity index (χ0) is 19.8. The van der Waals surface area contributed by atoms with E-state index in [1.165, 1.54) is 23.1 Å². The first-order valence-electron chi connectivity index (χ1n) is 7.81. The van der Waals surface area contributed by atoms with Crippen LogP contribution in [0, 0.1) is 11.6 Å². The average Bonchev–Trinajstić information content (AvgIpc) is 2.90. The summed E-state index contributed by atoms with van der Waals surface area (Å²) in [4.78, 5) is 24.9. The van der Waals surface area contributed by atoms with E-state index in [0.717, 1.165) is 18.2 Å². The lowest BCUT2D eigenvalue weighted by Crippen LogP contribution is -2.33. The number of nitrogens with one attached hydrogen (secondary N) is 2. The van der Waals surface area contributed by atoms with E-state index < -0.39 is 34.1 Å². The van der Waals surface area contributed by atoms with Gasteiger partial charge < -0.3 is 10.2 Å². The molecule has 0 unspecified atom stereocenters. The molecule has 0 radical (unpaired) electrons. The molecule has 7 nitrogen and oxygen atoms in total. The number of carbonyl (C=O) groups is 2. The van der Waals surface area contributed by atoms with E-state index in [1.807, 2.05) is 0 Å². The van der Waals surface area contributed by atoms with Gasteiger partial charge in [0.05, 0.1) is 17.9 Å². The Hall–Kier alpha value is -2.85. The number of halogens is 2. The topological polar surface area (TPSA) is 95.6 Å². The molecular formula is C17H15F2N3O4S. The Balaban J connectivity index is 1.66. The third-order valence-corrected chi connectivity index (χ3v) is 5.46. The van der Waals surface area contributed by atoms with E-state index in [0.29, 0.717) is 11.3 Å². The Morgan fingerprint density at radius 3 is 2.59 bits per heavy atom. The Kier molecular flexibility index (Phi) is 4.94. The van der Waals surface area contributed by atoms with Crippen molar-refractivity contribution in [2.24, 2.45) is 0 Å². The van der Waals surface area contributed by atoms with Crippen LogP contribution in [0.4, 0.5) is 20.2 Å². The van der Waals surface area contributed by atoms with Gasteiger partial charge in [-0.1, -0.05) is 0 Å². The average molecular weight is 395 g/mol. The van der Waals surface area contributed by atoms with Crippen molar-refractivity contribution in [2.75, 3.05) is 23.8 Å². The number of likely N-dealkylation sites (N-methyl/N-ethyl adjacent to an activating group) is 1. The van der Waals surface area contributed by atoms with Gasteiger partial charge in [-0.3, -0.25) is 9.59 Å². The highest BCUT2D eigenvalue weighted by Crippen LogP contribution is 2.29. The summed E-state index contributed by atoms with van der Waals surface area (Å²) in [7, 11) is -2.39. The molecule has 10 heteroatoms. The van der Waals surface area contributed by atoms with Crippen LogP contribution in [-0.2, 0) is 26.0 Å². The van der Waals surface area contributed by atoms with Crippen LogP contribution in [0.5, 0.6) is 0 Å². The van der Waals surface area contributed by atoms with Crippen molar-refractivity contribution in [1.82, 2.24) is 4.72 Å². The third-order valence-electron chi connectivity index (χ3n) is 4.06. The SMILES string of the molecule is CN1C(=O)Cc2cc(S(=O)(=O)NCC(=O)Nc3ccc(F)c(F)c3)ccc21. The molecule has 2 amide bonds. The van der Waals surface area contributed by atoms with E-state index in [9.17, 15) is 26.8 Å². The standard InChI is InChI=1S/C17H15F2N3O4S/c1-22-15-5-3-12(6-10(15)7-17(22)24)27(25,26)20-9-16(23)21-11-2-4-13(18)14(19)8-11/h2-6,8,20H,7,9H2,1H3,(H,21,23). The number of carbonyl (C=O) groups excluding carboxylic acids is 2. The molecule has 2 N–H and O–H groups in total. The molecule has 0 aliphatic carbocycles. The molecule has 2 aromatic carbocycles. The maximum Gasteiger partial charge on any atom is 0.241 e. The molecule has 0 spiro atoms. The Morgan fingerprint density at radius 2 is 1.89 bits per heavy atom. The van der Waals surface area contributed by atoms with Gasteiger partial charge in [-0.15, -0.1) is 0 Å². The number of hydrogen-bond donors (Lipinski definition) is 2. The molecule has 27 heavy (non-hydrogen) atoms. The van der Waals surface area contributed by atoms with Crippen molar-refractivity contribution in [3.8, 4) is 0 Å². The molecule has 0 saturated carbocycles. The number of sulfonamides is 1. The van der Waals surface area contributed by atoms with Gasteiger partial charge in [-0.25, -0.2) is 21.9 Å². The number of fused-ring (bicyclic) bond motifs is 1. The third kappa shape index (κ3) is 3.96. The Bertz CT molecular complexity index is 1040. The zero-order valence-electron chi connectivity index (χ0n) is 14.1. The van der Waals surface area contributed by atoms with Crippen LogP contribution in [-0.4, -0.2) is 33.8 Å². The molecule has 1 aliphatic heterocycles. The van der Waals surface area contributed by atoms with Crippen molar-refractivity contribution in [2.45, 2.75) is 11.3 Å². The van der Waals surface area contributed by atoms with Crippen LogP contribution >= 0.6 is 0 Å². The number of benzene rings is 2. The largest absolute Gasteiger partial charge is 0.325 e. The van der Waals surface area contributed by atoms with Crippen LogP contribution in [0.25, 0.3) is 0 Å². The predicted octanol–water partition coefficient (Wildman–Crippen LogP) is 1.40. The minimum atomic E-state index is -3.99. The highest BCUT2D eigenvalue weighted by Gasteiger charge is 2.26. The minimum Gasteiger partial charge on any atom is -0.325 e. The minimum absolute atomic E-state index is 0.00261. The van der Waals surface area contributed by atoms with E-state index in [-0.39, 0.29) is 22.9 Å². The second-order valence-corrected chi connectivity index (χ2v) is 7.69. The van der Waals surface area contributed by atoms with Crippen molar-refractivity contribution >= 4 is 33.2 Å². The van der Waals surface area contributed by atoms with Crippen LogP contribution in [0.1, 0.15) is 5.56 Å². The lowest BCUT2D eigenvalue weighted by Gasteiger charge is -2.11. The van der Waals surface area contributed by atoms with E-state index in [1.54, 1.807) is 7.05 Å². The lowest BCUT2D eigenvalue weighted by atomic mass is 10.2. The fraction of sp³-hybridized carbons (Fsp3) is 0.176. The fourth-order valence-corrected chi connectivity index (χ4v) is 3.67. The van der Waals surface area contributed by atoms with Crippen molar-refractivity contribution < 1.29 is 26.8 Å². The van der Waals surface area contributed by atoms with Gasteiger partial charge in [-0.2, -0.15) is 0 Å². The van der Waals surface area contributed by atoms with Gasteiger partial charge >= 0.3 is 0 Å². The number of rotatable bonds is 5. The molecule has 0 bridgehead atoms. The Morgan fingerprint density at radius 1 is 1.15 bits per heavy atom. The first kappa shape index (κ1) is 18.9. The smallest absolute Gasteiger partial charge is 0.241 e. The highest BCUT2D eigenvalue weighted by atomic mass is 32.2. The number of amides is 2. The van der Waals surface area contributed by atoms with Crippen LogP contribution in [0.2, 0.25) is 0 Å². The summed E-state index contributed by atoms with van der Waals surface area (Å²) >= 11 is 0. The molecular weight excluding hydrogens is 380 g/mol. The number of nitrogens with zero attached hydrogens (tertiary/aromatic N) is 1. The summed E-state index contributed by atoms with van der Waals surface area (Å²) in [6.45, 7) is -0.600. The molecule has 0 fully saturated rings. The number of anilines is 2. The Labute approximate surface area is 154 Å².